The van der Waals surface area contributed by atoms with Crippen molar-refractivity contribution >= 4 is 33.4 Å². The minimum atomic E-state index is -3.48. The van der Waals surface area contributed by atoms with Gasteiger partial charge >= 0.3 is 5.97 Å². The summed E-state index contributed by atoms with van der Waals surface area (Å²) >= 11 is 1.51. The number of rotatable bonds is 7. The largest absolute Gasteiger partial charge is 0.456 e. The summed E-state index contributed by atoms with van der Waals surface area (Å²) in [4.78, 5) is 16.9. The Morgan fingerprint density at radius 2 is 1.70 bits per heavy atom. The molecule has 0 aliphatic carbocycles. The van der Waals surface area contributed by atoms with Gasteiger partial charge in [-0.1, -0.05) is 55.3 Å². The van der Waals surface area contributed by atoms with E-state index in [2.05, 4.69) is 4.98 Å². The minimum Gasteiger partial charge on any atom is -0.456 e. The zero-order chi connectivity index (χ0) is 23.1. The Morgan fingerprint density at radius 3 is 2.39 bits per heavy atom. The highest BCUT2D eigenvalue weighted by Crippen LogP contribution is 2.24. The Bertz CT molecular complexity index is 1190. The van der Waals surface area contributed by atoms with E-state index in [0.717, 1.165) is 41.8 Å². The molecule has 0 amide bonds. The highest BCUT2D eigenvalue weighted by molar-refractivity contribution is 7.89. The van der Waals surface area contributed by atoms with Gasteiger partial charge in [-0.3, -0.25) is 0 Å². The molecule has 6 nitrogen and oxygen atoms in total. The first-order valence-corrected chi connectivity index (χ1v) is 13.3. The molecule has 4 rings (SSSR count). The minimum absolute atomic E-state index is 0.0967. The normalized spacial score (nSPS) is 15.4. The van der Waals surface area contributed by atoms with E-state index in [9.17, 15) is 13.2 Å². The van der Waals surface area contributed by atoms with Crippen LogP contribution in [-0.4, -0.2) is 36.8 Å². The van der Waals surface area contributed by atoms with E-state index in [1.807, 2.05) is 35.7 Å². The predicted molar refractivity (Wildman–Crippen MR) is 130 cm³/mol. The molecule has 1 aliphatic rings. The molecule has 1 aliphatic heterocycles. The van der Waals surface area contributed by atoms with E-state index in [-0.39, 0.29) is 11.5 Å². The Hall–Kier alpha value is -2.81. The maximum Gasteiger partial charge on any atom is 0.331 e. The molecule has 0 N–H and O–H groups in total. The molecule has 0 bridgehead atoms. The van der Waals surface area contributed by atoms with E-state index >= 15 is 0 Å². The first-order valence-electron chi connectivity index (χ1n) is 11.0. The van der Waals surface area contributed by atoms with E-state index in [4.69, 9.17) is 4.74 Å². The molecule has 33 heavy (non-hydrogen) atoms. The van der Waals surface area contributed by atoms with Gasteiger partial charge in [-0.05, 0) is 36.6 Å². The fourth-order valence-corrected chi connectivity index (χ4v) is 5.95. The third-order valence-corrected chi connectivity index (χ3v) is 8.28. The van der Waals surface area contributed by atoms with Crippen molar-refractivity contribution in [3.8, 4) is 10.6 Å². The van der Waals surface area contributed by atoms with Gasteiger partial charge in [0, 0.05) is 30.1 Å². The van der Waals surface area contributed by atoms with Crippen LogP contribution in [0.2, 0.25) is 0 Å². The second-order valence-electron chi connectivity index (χ2n) is 7.84. The van der Waals surface area contributed by atoms with Gasteiger partial charge in [-0.2, -0.15) is 4.31 Å². The Morgan fingerprint density at radius 1 is 1.00 bits per heavy atom. The van der Waals surface area contributed by atoms with Crippen LogP contribution in [0.1, 0.15) is 36.9 Å². The first-order chi connectivity index (χ1) is 16.0. The molecule has 172 valence electrons. The first kappa shape index (κ1) is 23.4. The lowest BCUT2D eigenvalue weighted by atomic mass is 10.2. The van der Waals surface area contributed by atoms with Crippen molar-refractivity contribution in [2.24, 2.45) is 0 Å². The van der Waals surface area contributed by atoms with Gasteiger partial charge in [0.15, 0.2) is 0 Å². The smallest absolute Gasteiger partial charge is 0.331 e. The maximum atomic E-state index is 12.9. The van der Waals surface area contributed by atoms with Crippen LogP contribution in [0.25, 0.3) is 16.6 Å². The number of aromatic nitrogens is 1. The summed E-state index contributed by atoms with van der Waals surface area (Å²) < 4.78 is 32.6. The number of thiazole rings is 1. The lowest BCUT2D eigenvalue weighted by Crippen LogP contribution is -2.31. The standard InChI is InChI=1S/C25H26N2O4S2/c28-24(31-18-22-19-32-25(26-22)21-8-4-3-5-9-21)15-12-20-10-13-23(14-11-20)33(29,30)27-16-6-1-2-7-17-27/h3-5,8-15,19H,1-2,6-7,16-18H2/b15-12+. The van der Waals surface area contributed by atoms with Crippen LogP contribution in [0.3, 0.4) is 0 Å². The maximum absolute atomic E-state index is 12.9. The Kier molecular flexibility index (Phi) is 7.69. The van der Waals surface area contributed by atoms with Crippen molar-refractivity contribution in [2.45, 2.75) is 37.2 Å². The van der Waals surface area contributed by atoms with Crippen LogP contribution in [-0.2, 0) is 26.2 Å². The zero-order valence-electron chi connectivity index (χ0n) is 18.2. The molecule has 3 aromatic rings. The van der Waals surface area contributed by atoms with Gasteiger partial charge in [0.2, 0.25) is 10.0 Å². The molecular weight excluding hydrogens is 456 g/mol. The molecule has 2 heterocycles. The summed E-state index contributed by atoms with van der Waals surface area (Å²) in [6.45, 7) is 1.24. The van der Waals surface area contributed by atoms with E-state index in [0.29, 0.717) is 18.8 Å². The number of carbonyl (C=O) groups is 1. The number of hydrogen-bond donors (Lipinski definition) is 0. The summed E-state index contributed by atoms with van der Waals surface area (Å²) in [6, 6.07) is 16.4. The lowest BCUT2D eigenvalue weighted by Gasteiger charge is -2.19. The van der Waals surface area contributed by atoms with Crippen molar-refractivity contribution in [2.75, 3.05) is 13.1 Å². The van der Waals surface area contributed by atoms with Crippen LogP contribution >= 0.6 is 11.3 Å². The molecule has 1 aromatic heterocycles. The van der Waals surface area contributed by atoms with Crippen LogP contribution in [0.4, 0.5) is 0 Å². The van der Waals surface area contributed by atoms with Crippen LogP contribution in [0.15, 0.2) is 70.9 Å². The summed E-state index contributed by atoms with van der Waals surface area (Å²) in [5.41, 5.74) is 2.45. The van der Waals surface area contributed by atoms with E-state index < -0.39 is 16.0 Å². The zero-order valence-corrected chi connectivity index (χ0v) is 19.9. The van der Waals surface area contributed by atoms with Crippen LogP contribution in [0, 0.1) is 0 Å². The molecule has 1 fully saturated rings. The summed E-state index contributed by atoms with van der Waals surface area (Å²) in [5.74, 6) is -0.481. The van der Waals surface area contributed by atoms with E-state index in [1.165, 1.54) is 17.4 Å². The predicted octanol–water partition coefficient (Wildman–Crippen LogP) is 5.13. The quantitative estimate of drug-likeness (QED) is 0.345. The SMILES string of the molecule is O=C(/C=C/c1ccc(S(=O)(=O)N2CCCCCC2)cc1)OCc1csc(-c2ccccc2)n1. The Labute approximate surface area is 198 Å². The van der Waals surface area contributed by atoms with Crippen molar-refractivity contribution in [1.82, 2.24) is 9.29 Å². The van der Waals surface area contributed by atoms with Crippen LogP contribution < -0.4 is 0 Å². The summed E-state index contributed by atoms with van der Waals surface area (Å²) in [7, 11) is -3.48. The lowest BCUT2D eigenvalue weighted by molar-refractivity contribution is -0.139. The van der Waals surface area contributed by atoms with Crippen molar-refractivity contribution in [1.29, 1.82) is 0 Å². The summed E-state index contributed by atoms with van der Waals surface area (Å²) in [6.07, 6.45) is 6.89. The van der Waals surface area contributed by atoms with Crippen LogP contribution in [0.5, 0.6) is 0 Å². The number of ether oxygens (including phenoxy) is 1. The molecule has 0 spiro atoms. The van der Waals surface area contributed by atoms with Gasteiger partial charge in [0.25, 0.3) is 0 Å². The second-order valence-corrected chi connectivity index (χ2v) is 10.6. The third-order valence-electron chi connectivity index (χ3n) is 5.43. The summed E-state index contributed by atoms with van der Waals surface area (Å²) in [5, 5.41) is 2.76. The number of nitrogens with zero attached hydrogens (tertiary/aromatic N) is 2. The number of hydrogen-bond acceptors (Lipinski definition) is 6. The number of esters is 1. The number of benzene rings is 2. The van der Waals surface area contributed by atoms with Gasteiger partial charge in [-0.15, -0.1) is 11.3 Å². The molecular formula is C25H26N2O4S2. The molecule has 0 saturated carbocycles. The number of carbonyl (C=O) groups excluding carboxylic acids is 1. The Balaban J connectivity index is 1.31. The van der Waals surface area contributed by atoms with Crippen molar-refractivity contribution in [3.63, 3.8) is 0 Å². The molecule has 2 aromatic carbocycles. The third kappa shape index (κ3) is 6.16. The van der Waals surface area contributed by atoms with Gasteiger partial charge in [-0.25, -0.2) is 18.2 Å². The van der Waals surface area contributed by atoms with Gasteiger partial charge < -0.3 is 4.74 Å². The molecule has 8 heteroatoms. The second kappa shape index (κ2) is 10.9. The molecule has 0 atom stereocenters. The fraction of sp³-hybridized carbons (Fsp3) is 0.280. The van der Waals surface area contributed by atoms with E-state index in [1.54, 1.807) is 34.6 Å². The van der Waals surface area contributed by atoms with Crippen molar-refractivity contribution in [3.05, 3.63) is 77.3 Å². The number of sulfonamides is 1. The van der Waals surface area contributed by atoms with Crippen molar-refractivity contribution < 1.29 is 17.9 Å². The highest BCUT2D eigenvalue weighted by atomic mass is 32.2. The monoisotopic (exact) mass is 482 g/mol. The van der Waals surface area contributed by atoms with Gasteiger partial charge in [0.1, 0.15) is 11.6 Å². The topological polar surface area (TPSA) is 76.6 Å². The molecule has 1 saturated heterocycles. The highest BCUT2D eigenvalue weighted by Gasteiger charge is 2.24. The van der Waals surface area contributed by atoms with Gasteiger partial charge in [0.05, 0.1) is 10.6 Å². The average molecular weight is 483 g/mol. The average Bonchev–Trinajstić information content (AvgIpc) is 3.14. The fourth-order valence-electron chi connectivity index (χ4n) is 3.63. The molecule has 0 radical (unpaired) electrons. The molecule has 0 unspecified atom stereocenters.